The van der Waals surface area contributed by atoms with Crippen LogP contribution in [0, 0.1) is 5.92 Å². The highest BCUT2D eigenvalue weighted by atomic mass is 32.2. The summed E-state index contributed by atoms with van der Waals surface area (Å²) in [5, 5.41) is 3.54. The fourth-order valence-corrected chi connectivity index (χ4v) is 3.91. The van der Waals surface area contributed by atoms with Gasteiger partial charge in [0, 0.05) is 11.8 Å². The van der Waals surface area contributed by atoms with Crippen molar-refractivity contribution in [3.63, 3.8) is 0 Å². The van der Waals surface area contributed by atoms with Crippen LogP contribution in [0.3, 0.4) is 0 Å². The minimum Gasteiger partial charge on any atom is -0.465 e. The molecule has 1 fully saturated rings. The molecular formula is C16H31NO2S. The zero-order valence-electron chi connectivity index (χ0n) is 13.5. The monoisotopic (exact) mass is 301 g/mol. The van der Waals surface area contributed by atoms with Gasteiger partial charge in [0.1, 0.15) is 5.54 Å². The number of rotatable bonds is 11. The van der Waals surface area contributed by atoms with Crippen molar-refractivity contribution < 1.29 is 9.53 Å². The molecule has 0 aromatic carbocycles. The zero-order valence-corrected chi connectivity index (χ0v) is 14.4. The Hall–Kier alpha value is -0.220. The Morgan fingerprint density at radius 1 is 1.35 bits per heavy atom. The summed E-state index contributed by atoms with van der Waals surface area (Å²) in [7, 11) is 0. The Bertz CT molecular complexity index is 292. The highest BCUT2D eigenvalue weighted by molar-refractivity contribution is 7.99. The predicted octanol–water partition coefficient (Wildman–Crippen LogP) is 3.62. The summed E-state index contributed by atoms with van der Waals surface area (Å²) >= 11 is 1.90. The first-order valence-electron chi connectivity index (χ1n) is 8.09. The highest BCUT2D eigenvalue weighted by Crippen LogP contribution is 2.42. The number of carbonyl (C=O) groups excluding carboxylic acids is 1. The summed E-state index contributed by atoms with van der Waals surface area (Å²) in [4.78, 5) is 12.5. The quantitative estimate of drug-likeness (QED) is 0.467. The molecule has 0 radical (unpaired) electrons. The van der Waals surface area contributed by atoms with Gasteiger partial charge in [-0.25, -0.2) is 0 Å². The van der Waals surface area contributed by atoms with Gasteiger partial charge in [-0.1, -0.05) is 19.8 Å². The molecule has 3 nitrogen and oxygen atoms in total. The standard InChI is InChI=1S/C16H31NO2S/c1-5-7-8-11-20-12-16(14-9-10-14,17-13(3)4)15(18)19-6-2/h13-14,17H,5-12H2,1-4H3. The summed E-state index contributed by atoms with van der Waals surface area (Å²) in [6.45, 7) is 8.79. The Labute approximate surface area is 128 Å². The van der Waals surface area contributed by atoms with Crippen molar-refractivity contribution in [3.8, 4) is 0 Å². The number of carbonyl (C=O) groups is 1. The molecule has 1 rings (SSSR count). The number of nitrogens with one attached hydrogen (secondary N) is 1. The maximum Gasteiger partial charge on any atom is 0.327 e. The van der Waals surface area contributed by atoms with E-state index in [4.69, 9.17) is 4.74 Å². The van der Waals surface area contributed by atoms with Gasteiger partial charge < -0.3 is 4.74 Å². The van der Waals surface area contributed by atoms with Gasteiger partial charge in [-0.15, -0.1) is 0 Å². The summed E-state index contributed by atoms with van der Waals surface area (Å²) in [5.74, 6) is 2.40. The number of thioether (sulfide) groups is 1. The van der Waals surface area contributed by atoms with Crippen LogP contribution in [-0.4, -0.2) is 35.7 Å². The molecule has 118 valence electrons. The van der Waals surface area contributed by atoms with Crippen molar-refractivity contribution in [2.75, 3.05) is 18.1 Å². The maximum absolute atomic E-state index is 12.5. The molecule has 0 spiro atoms. The fourth-order valence-electron chi connectivity index (χ4n) is 2.60. The van der Waals surface area contributed by atoms with Gasteiger partial charge in [-0.3, -0.25) is 10.1 Å². The van der Waals surface area contributed by atoms with Gasteiger partial charge in [-0.2, -0.15) is 11.8 Å². The Balaban J connectivity index is 2.63. The molecule has 0 amide bonds. The van der Waals surface area contributed by atoms with Crippen LogP contribution in [0.25, 0.3) is 0 Å². The summed E-state index contributed by atoms with van der Waals surface area (Å²) < 4.78 is 5.37. The van der Waals surface area contributed by atoms with Crippen molar-refractivity contribution in [1.29, 1.82) is 0 Å². The molecule has 0 aromatic rings. The molecule has 0 bridgehead atoms. The second-order valence-corrected chi connectivity index (χ2v) is 7.13. The largest absolute Gasteiger partial charge is 0.465 e. The van der Waals surface area contributed by atoms with E-state index in [0.29, 0.717) is 18.6 Å². The molecule has 0 aromatic heterocycles. The lowest BCUT2D eigenvalue weighted by Gasteiger charge is -2.34. The summed E-state index contributed by atoms with van der Waals surface area (Å²) in [6.07, 6.45) is 6.06. The number of hydrogen-bond acceptors (Lipinski definition) is 4. The highest BCUT2D eigenvalue weighted by Gasteiger charge is 2.52. The van der Waals surface area contributed by atoms with Gasteiger partial charge in [0.05, 0.1) is 6.61 Å². The normalized spacial score (nSPS) is 18.1. The van der Waals surface area contributed by atoms with E-state index >= 15 is 0 Å². The molecule has 1 atom stereocenters. The Kier molecular flexibility index (Phi) is 7.96. The van der Waals surface area contributed by atoms with Crippen LogP contribution in [0.15, 0.2) is 0 Å². The third-order valence-corrected chi connectivity index (χ3v) is 4.92. The molecule has 1 saturated carbocycles. The maximum atomic E-state index is 12.5. The van der Waals surface area contributed by atoms with Crippen molar-refractivity contribution in [1.82, 2.24) is 5.32 Å². The predicted molar refractivity (Wildman–Crippen MR) is 87.2 cm³/mol. The third kappa shape index (κ3) is 5.28. The third-order valence-electron chi connectivity index (χ3n) is 3.68. The van der Waals surface area contributed by atoms with Crippen molar-refractivity contribution in [2.45, 2.75) is 71.4 Å². The van der Waals surface area contributed by atoms with Gasteiger partial charge in [0.25, 0.3) is 0 Å². The van der Waals surface area contributed by atoms with E-state index in [1.54, 1.807) is 0 Å². The van der Waals surface area contributed by atoms with Crippen LogP contribution in [0.5, 0.6) is 0 Å². The first-order valence-corrected chi connectivity index (χ1v) is 9.25. The van der Waals surface area contributed by atoms with Crippen molar-refractivity contribution in [3.05, 3.63) is 0 Å². The zero-order chi connectivity index (χ0) is 15.0. The molecule has 20 heavy (non-hydrogen) atoms. The van der Waals surface area contributed by atoms with Crippen LogP contribution >= 0.6 is 11.8 Å². The molecule has 0 heterocycles. The Morgan fingerprint density at radius 3 is 2.55 bits per heavy atom. The second kappa shape index (κ2) is 8.93. The van der Waals surface area contributed by atoms with Crippen LogP contribution in [0.4, 0.5) is 0 Å². The number of ether oxygens (including phenoxy) is 1. The van der Waals surface area contributed by atoms with Crippen LogP contribution < -0.4 is 5.32 Å². The van der Waals surface area contributed by atoms with Crippen LogP contribution in [0.2, 0.25) is 0 Å². The van der Waals surface area contributed by atoms with E-state index in [1.165, 1.54) is 19.3 Å². The number of unbranched alkanes of at least 4 members (excludes halogenated alkanes) is 2. The lowest BCUT2D eigenvalue weighted by atomic mass is 9.94. The first kappa shape index (κ1) is 17.8. The molecular weight excluding hydrogens is 270 g/mol. The SMILES string of the molecule is CCCCCSCC(NC(C)C)(C(=O)OCC)C1CC1. The molecule has 1 N–H and O–H groups in total. The molecule has 1 unspecified atom stereocenters. The van der Waals surface area contributed by atoms with E-state index in [2.05, 4.69) is 26.1 Å². The molecule has 1 aliphatic carbocycles. The number of hydrogen-bond donors (Lipinski definition) is 1. The molecule has 1 aliphatic rings. The van der Waals surface area contributed by atoms with Gasteiger partial charge in [0.15, 0.2) is 0 Å². The minimum atomic E-state index is -0.457. The average Bonchev–Trinajstić information content (AvgIpc) is 3.21. The Morgan fingerprint density at radius 2 is 2.05 bits per heavy atom. The fraction of sp³-hybridized carbons (Fsp3) is 0.938. The molecule has 0 saturated heterocycles. The first-order chi connectivity index (χ1) is 9.56. The van der Waals surface area contributed by atoms with Crippen molar-refractivity contribution in [2.24, 2.45) is 5.92 Å². The van der Waals surface area contributed by atoms with Crippen molar-refractivity contribution >= 4 is 17.7 Å². The number of esters is 1. The topological polar surface area (TPSA) is 38.3 Å². The average molecular weight is 301 g/mol. The van der Waals surface area contributed by atoms with Gasteiger partial charge in [0.2, 0.25) is 0 Å². The van der Waals surface area contributed by atoms with E-state index in [0.717, 1.165) is 24.3 Å². The van der Waals surface area contributed by atoms with E-state index in [9.17, 15) is 4.79 Å². The molecule has 4 heteroatoms. The second-order valence-electron chi connectivity index (χ2n) is 6.02. The minimum absolute atomic E-state index is 0.0424. The van der Waals surface area contributed by atoms with E-state index < -0.39 is 5.54 Å². The summed E-state index contributed by atoms with van der Waals surface area (Å²) in [6, 6.07) is 0.302. The summed E-state index contributed by atoms with van der Waals surface area (Å²) in [5.41, 5.74) is -0.457. The molecule has 0 aliphatic heterocycles. The van der Waals surface area contributed by atoms with Gasteiger partial charge >= 0.3 is 5.97 Å². The van der Waals surface area contributed by atoms with Gasteiger partial charge in [-0.05, 0) is 51.7 Å². The smallest absolute Gasteiger partial charge is 0.327 e. The van der Waals surface area contributed by atoms with E-state index in [-0.39, 0.29) is 5.97 Å². The lowest BCUT2D eigenvalue weighted by Crippen LogP contribution is -2.59. The van der Waals surface area contributed by atoms with E-state index in [1.807, 2.05) is 18.7 Å². The van der Waals surface area contributed by atoms with Crippen LogP contribution in [-0.2, 0) is 9.53 Å². The lowest BCUT2D eigenvalue weighted by molar-refractivity contribution is -0.151. The van der Waals surface area contributed by atoms with Crippen LogP contribution in [0.1, 0.15) is 59.8 Å².